The zero-order valence-corrected chi connectivity index (χ0v) is 15.1. The van der Waals surface area contributed by atoms with Crippen molar-refractivity contribution in [1.29, 1.82) is 0 Å². The van der Waals surface area contributed by atoms with Crippen LogP contribution in [0, 0.1) is 6.92 Å². The molecule has 1 aromatic carbocycles. The second-order valence-electron chi connectivity index (χ2n) is 5.69. The van der Waals surface area contributed by atoms with Crippen LogP contribution in [0.5, 0.6) is 0 Å². The van der Waals surface area contributed by atoms with E-state index in [0.29, 0.717) is 11.0 Å². The first-order valence-corrected chi connectivity index (χ1v) is 8.92. The number of carbonyl (C=O) groups is 1. The van der Waals surface area contributed by atoms with Crippen LogP contribution in [0.2, 0.25) is 0 Å². The number of hydrogen-bond acceptors (Lipinski definition) is 6. The van der Waals surface area contributed by atoms with Gasteiger partial charge in [0.15, 0.2) is 11.0 Å². The van der Waals surface area contributed by atoms with Gasteiger partial charge in [0.1, 0.15) is 5.76 Å². The Bertz CT molecular complexity index is 856. The topological polar surface area (TPSA) is 70.2 Å². The first-order valence-electron chi connectivity index (χ1n) is 7.94. The summed E-state index contributed by atoms with van der Waals surface area (Å²) < 4.78 is 12.5. The predicted octanol–water partition coefficient (Wildman–Crippen LogP) is 3.88. The molecule has 25 heavy (non-hydrogen) atoms. The Morgan fingerprint density at radius 2 is 2.00 bits per heavy atom. The van der Waals surface area contributed by atoms with Crippen LogP contribution in [0.4, 0.5) is 0 Å². The first-order chi connectivity index (χ1) is 12.1. The van der Waals surface area contributed by atoms with Gasteiger partial charge in [-0.3, -0.25) is 9.36 Å². The van der Waals surface area contributed by atoms with Crippen molar-refractivity contribution < 1.29 is 13.9 Å². The maximum absolute atomic E-state index is 11.8. The smallest absolute Gasteiger partial charge is 0.316 e. The van der Waals surface area contributed by atoms with Gasteiger partial charge in [0, 0.05) is 5.69 Å². The number of nitrogens with zero attached hydrogens (tertiary/aromatic N) is 3. The number of aryl methyl sites for hydroxylation is 1. The Hall–Kier alpha value is -2.54. The molecule has 0 atom stereocenters. The molecule has 0 aliphatic carbocycles. The lowest BCUT2D eigenvalue weighted by molar-refractivity contribution is -0.144. The van der Waals surface area contributed by atoms with Crippen LogP contribution in [-0.2, 0) is 9.53 Å². The highest BCUT2D eigenvalue weighted by Crippen LogP contribution is 2.30. The van der Waals surface area contributed by atoms with Crippen molar-refractivity contribution >= 4 is 17.7 Å². The summed E-state index contributed by atoms with van der Waals surface area (Å²) in [7, 11) is 0. The molecule has 0 radical (unpaired) electrons. The van der Waals surface area contributed by atoms with E-state index in [4.69, 9.17) is 9.15 Å². The van der Waals surface area contributed by atoms with Gasteiger partial charge in [-0.2, -0.15) is 0 Å². The van der Waals surface area contributed by atoms with Gasteiger partial charge in [0.05, 0.1) is 23.7 Å². The third kappa shape index (κ3) is 3.93. The molecule has 2 heterocycles. The second kappa shape index (κ2) is 7.57. The van der Waals surface area contributed by atoms with Gasteiger partial charge >= 0.3 is 5.97 Å². The molecule has 0 bridgehead atoms. The fourth-order valence-corrected chi connectivity index (χ4v) is 3.12. The molecule has 0 unspecified atom stereocenters. The largest absolute Gasteiger partial charge is 0.469 e. The van der Waals surface area contributed by atoms with Crippen molar-refractivity contribution in [3.05, 3.63) is 48.4 Å². The van der Waals surface area contributed by atoms with E-state index in [9.17, 15) is 4.79 Å². The number of furan rings is 1. The Morgan fingerprint density at radius 3 is 2.64 bits per heavy atom. The van der Waals surface area contributed by atoms with Crippen molar-refractivity contribution in [2.75, 3.05) is 5.75 Å². The Morgan fingerprint density at radius 1 is 1.24 bits per heavy atom. The molecule has 0 spiro atoms. The Labute approximate surface area is 150 Å². The van der Waals surface area contributed by atoms with E-state index in [0.717, 1.165) is 17.0 Å². The number of para-hydroxylation sites is 1. The number of carbonyl (C=O) groups excluding carboxylic acids is 1. The van der Waals surface area contributed by atoms with Crippen LogP contribution < -0.4 is 0 Å². The van der Waals surface area contributed by atoms with Gasteiger partial charge in [-0.15, -0.1) is 10.2 Å². The number of hydrogen-bond donors (Lipinski definition) is 0. The minimum absolute atomic E-state index is 0.135. The summed E-state index contributed by atoms with van der Waals surface area (Å²) in [5.74, 6) is 1.34. The standard InChI is InChI=1S/C18H19N3O3S/c1-12(2)24-16(22)11-25-18-20-19-17(15-9-10-23-13(15)3)21(18)14-7-5-4-6-8-14/h4-10,12H,11H2,1-3H3. The molecule has 0 amide bonds. The number of thioether (sulfide) groups is 1. The van der Waals surface area contributed by atoms with Gasteiger partial charge in [-0.25, -0.2) is 0 Å². The number of aromatic nitrogens is 3. The summed E-state index contributed by atoms with van der Waals surface area (Å²) in [5.41, 5.74) is 1.79. The monoisotopic (exact) mass is 357 g/mol. The lowest BCUT2D eigenvalue weighted by Crippen LogP contribution is -2.13. The van der Waals surface area contributed by atoms with Crippen LogP contribution in [0.3, 0.4) is 0 Å². The molecule has 0 saturated carbocycles. The molecule has 2 aromatic heterocycles. The summed E-state index contributed by atoms with van der Waals surface area (Å²) >= 11 is 1.30. The van der Waals surface area contributed by atoms with Crippen molar-refractivity contribution in [3.63, 3.8) is 0 Å². The van der Waals surface area contributed by atoms with Crippen LogP contribution in [0.15, 0.2) is 52.2 Å². The zero-order valence-electron chi connectivity index (χ0n) is 14.3. The first kappa shape index (κ1) is 17.3. The van der Waals surface area contributed by atoms with E-state index >= 15 is 0 Å². The molecular formula is C18H19N3O3S. The predicted molar refractivity (Wildman–Crippen MR) is 95.8 cm³/mol. The third-order valence-corrected chi connectivity index (χ3v) is 4.34. The van der Waals surface area contributed by atoms with E-state index in [1.807, 2.05) is 61.7 Å². The zero-order chi connectivity index (χ0) is 17.8. The van der Waals surface area contributed by atoms with Crippen molar-refractivity contribution in [2.45, 2.75) is 32.0 Å². The summed E-state index contributed by atoms with van der Waals surface area (Å²) in [4.78, 5) is 11.8. The van der Waals surface area contributed by atoms with Gasteiger partial charge in [-0.05, 0) is 39.0 Å². The van der Waals surface area contributed by atoms with E-state index in [1.165, 1.54) is 11.8 Å². The molecule has 0 aliphatic heterocycles. The van der Waals surface area contributed by atoms with E-state index in [1.54, 1.807) is 6.26 Å². The van der Waals surface area contributed by atoms with Gasteiger partial charge in [-0.1, -0.05) is 30.0 Å². The average Bonchev–Trinajstić information content (AvgIpc) is 3.18. The highest BCUT2D eigenvalue weighted by atomic mass is 32.2. The number of esters is 1. The van der Waals surface area contributed by atoms with E-state index < -0.39 is 0 Å². The molecular weight excluding hydrogens is 338 g/mol. The second-order valence-corrected chi connectivity index (χ2v) is 6.64. The fourth-order valence-electron chi connectivity index (χ4n) is 2.39. The van der Waals surface area contributed by atoms with Crippen LogP contribution in [-0.4, -0.2) is 32.6 Å². The Balaban J connectivity index is 1.95. The minimum atomic E-state index is -0.274. The SMILES string of the molecule is Cc1occc1-c1nnc(SCC(=O)OC(C)C)n1-c1ccccc1. The highest BCUT2D eigenvalue weighted by Gasteiger charge is 2.20. The summed E-state index contributed by atoms with van der Waals surface area (Å²) in [6.45, 7) is 5.54. The quantitative estimate of drug-likeness (QED) is 0.492. The van der Waals surface area contributed by atoms with E-state index in [2.05, 4.69) is 10.2 Å². The fraction of sp³-hybridized carbons (Fsp3) is 0.278. The number of rotatable bonds is 6. The molecule has 3 aromatic rings. The van der Waals surface area contributed by atoms with Crippen LogP contribution >= 0.6 is 11.8 Å². The van der Waals surface area contributed by atoms with Crippen molar-refractivity contribution in [3.8, 4) is 17.1 Å². The highest BCUT2D eigenvalue weighted by molar-refractivity contribution is 7.99. The van der Waals surface area contributed by atoms with Gasteiger partial charge < -0.3 is 9.15 Å². The lowest BCUT2D eigenvalue weighted by Gasteiger charge is -2.10. The molecule has 0 aliphatic rings. The molecule has 6 nitrogen and oxygen atoms in total. The van der Waals surface area contributed by atoms with Gasteiger partial charge in [0.25, 0.3) is 0 Å². The molecule has 7 heteroatoms. The summed E-state index contributed by atoms with van der Waals surface area (Å²) in [6, 6.07) is 11.6. The summed E-state index contributed by atoms with van der Waals surface area (Å²) in [6.07, 6.45) is 1.49. The van der Waals surface area contributed by atoms with Crippen LogP contribution in [0.25, 0.3) is 17.1 Å². The van der Waals surface area contributed by atoms with E-state index in [-0.39, 0.29) is 17.8 Å². The van der Waals surface area contributed by atoms with Gasteiger partial charge in [0.2, 0.25) is 0 Å². The normalized spacial score (nSPS) is 11.0. The molecule has 0 fully saturated rings. The third-order valence-electron chi connectivity index (χ3n) is 3.43. The van der Waals surface area contributed by atoms with Crippen molar-refractivity contribution in [1.82, 2.24) is 14.8 Å². The van der Waals surface area contributed by atoms with Crippen molar-refractivity contribution in [2.24, 2.45) is 0 Å². The average molecular weight is 357 g/mol. The molecule has 130 valence electrons. The molecule has 0 saturated heterocycles. The molecule has 0 N–H and O–H groups in total. The summed E-state index contributed by atoms with van der Waals surface area (Å²) in [5, 5.41) is 9.21. The number of ether oxygens (including phenoxy) is 1. The maximum atomic E-state index is 11.8. The van der Waals surface area contributed by atoms with Crippen LogP contribution in [0.1, 0.15) is 19.6 Å². The Kier molecular flexibility index (Phi) is 5.23. The molecule has 3 rings (SSSR count). The maximum Gasteiger partial charge on any atom is 0.316 e. The number of benzene rings is 1. The minimum Gasteiger partial charge on any atom is -0.469 e. The lowest BCUT2D eigenvalue weighted by atomic mass is 10.2.